The number of alkyl halides is 1. The highest BCUT2D eigenvalue weighted by atomic mass is 79.9. The molecule has 5 unspecified atom stereocenters. The molecule has 0 aromatic heterocycles. The Labute approximate surface area is 199 Å². The minimum atomic E-state index is -0.776. The maximum absolute atomic E-state index is 13.1. The molecule has 0 bridgehead atoms. The van der Waals surface area contributed by atoms with Gasteiger partial charge < -0.3 is 20.5 Å². The van der Waals surface area contributed by atoms with Crippen molar-refractivity contribution in [1.29, 1.82) is 0 Å². The molecule has 2 aliphatic carbocycles. The number of nitrogens with one attached hydrogen (secondary N) is 2. The quantitative estimate of drug-likeness (QED) is 0.399. The molecule has 6 nitrogen and oxygen atoms in total. The Balaban J connectivity index is 0.00000341. The van der Waals surface area contributed by atoms with E-state index in [1.807, 2.05) is 37.4 Å². The first kappa shape index (κ1) is 26.1. The number of amides is 1. The molecule has 0 aliphatic heterocycles. The number of hydrogen-bond acceptors (Lipinski definition) is 5. The summed E-state index contributed by atoms with van der Waals surface area (Å²) >= 11 is 3.86. The molecule has 2 aliphatic rings. The Morgan fingerprint density at radius 1 is 1.29 bits per heavy atom. The smallest absolute Gasteiger partial charge is 0.328 e. The SMILES string of the molecule is CNC1CCCCC12CC(O)C(C(=O)N[C@@H](Cc1ccccc1)C(=O)OC)CC2Br.Cl. The van der Waals surface area contributed by atoms with Gasteiger partial charge in [-0.1, -0.05) is 59.1 Å². The molecule has 1 amide bonds. The predicted octanol–water partition coefficient (Wildman–Crippen LogP) is 2.99. The highest BCUT2D eigenvalue weighted by molar-refractivity contribution is 9.09. The number of methoxy groups -OCH3 is 1. The second-order valence-corrected chi connectivity index (χ2v) is 9.78. The van der Waals surface area contributed by atoms with E-state index in [0.717, 1.165) is 24.8 Å². The lowest BCUT2D eigenvalue weighted by Crippen LogP contribution is -2.59. The van der Waals surface area contributed by atoms with Crippen molar-refractivity contribution >= 4 is 40.2 Å². The molecule has 0 radical (unpaired) electrons. The van der Waals surface area contributed by atoms with E-state index >= 15 is 0 Å². The molecule has 0 saturated heterocycles. The van der Waals surface area contributed by atoms with E-state index in [4.69, 9.17) is 4.74 Å². The lowest BCUT2D eigenvalue weighted by molar-refractivity contribution is -0.147. The van der Waals surface area contributed by atoms with Gasteiger partial charge in [-0.05, 0) is 38.3 Å². The molecule has 2 saturated carbocycles. The van der Waals surface area contributed by atoms with Crippen molar-refractivity contribution in [3.63, 3.8) is 0 Å². The minimum absolute atomic E-state index is 0. The van der Waals surface area contributed by atoms with Gasteiger partial charge >= 0.3 is 5.97 Å². The fraction of sp³-hybridized carbons (Fsp3) is 0.652. The third kappa shape index (κ3) is 5.81. The van der Waals surface area contributed by atoms with Crippen LogP contribution in [0.3, 0.4) is 0 Å². The van der Waals surface area contributed by atoms with Gasteiger partial charge in [0, 0.05) is 22.7 Å². The Hall–Kier alpha value is -1.15. The third-order valence-electron chi connectivity index (χ3n) is 6.99. The van der Waals surface area contributed by atoms with Crippen LogP contribution in [-0.2, 0) is 20.7 Å². The topological polar surface area (TPSA) is 87.7 Å². The van der Waals surface area contributed by atoms with Gasteiger partial charge in [0.2, 0.25) is 5.91 Å². The summed E-state index contributed by atoms with van der Waals surface area (Å²) in [4.78, 5) is 25.5. The molecule has 31 heavy (non-hydrogen) atoms. The van der Waals surface area contributed by atoms with Gasteiger partial charge in [0.1, 0.15) is 6.04 Å². The van der Waals surface area contributed by atoms with Gasteiger partial charge in [0.25, 0.3) is 0 Å². The van der Waals surface area contributed by atoms with Crippen molar-refractivity contribution in [3.8, 4) is 0 Å². The number of carbonyl (C=O) groups is 2. The molecular formula is C23H34BrClN2O4. The number of halogens is 2. The number of aliphatic hydroxyl groups is 1. The standard InChI is InChI=1S/C23H33BrN2O4.ClH/c1-25-20-10-6-7-11-23(20)14-18(27)16(13-19(23)24)21(28)26-17(22(29)30-2)12-15-8-4-3-5-9-15;/h3-5,8-9,16-20,25,27H,6-7,10-14H2,1-2H3,(H,26,28);1H/t16?,17-,18?,19?,20?,23?;/m0./s1. The highest BCUT2D eigenvalue weighted by Gasteiger charge is 2.52. The molecule has 1 aromatic rings. The maximum Gasteiger partial charge on any atom is 0.328 e. The van der Waals surface area contributed by atoms with Crippen LogP contribution in [0.5, 0.6) is 0 Å². The van der Waals surface area contributed by atoms with E-state index in [-0.39, 0.29) is 28.6 Å². The molecule has 1 spiro atoms. The summed E-state index contributed by atoms with van der Waals surface area (Å²) in [6, 6.07) is 9.08. The first-order valence-electron chi connectivity index (χ1n) is 10.8. The minimum Gasteiger partial charge on any atom is -0.467 e. The number of ether oxygens (including phenoxy) is 1. The predicted molar refractivity (Wildman–Crippen MR) is 127 cm³/mol. The highest BCUT2D eigenvalue weighted by Crippen LogP contribution is 2.52. The Bertz CT molecular complexity index is 738. The number of rotatable bonds is 6. The largest absolute Gasteiger partial charge is 0.467 e. The van der Waals surface area contributed by atoms with Crippen LogP contribution < -0.4 is 10.6 Å². The molecule has 6 atom stereocenters. The van der Waals surface area contributed by atoms with Crippen LogP contribution in [0.1, 0.15) is 44.1 Å². The molecule has 174 valence electrons. The number of esters is 1. The second-order valence-electron chi connectivity index (χ2n) is 8.68. The maximum atomic E-state index is 13.1. The van der Waals surface area contributed by atoms with E-state index in [9.17, 15) is 14.7 Å². The van der Waals surface area contributed by atoms with E-state index in [1.54, 1.807) is 0 Å². The number of hydrogen-bond donors (Lipinski definition) is 3. The Kier molecular flexibility index (Phi) is 9.80. The number of aliphatic hydroxyl groups excluding tert-OH is 1. The molecule has 2 fully saturated rings. The first-order chi connectivity index (χ1) is 14.4. The average molecular weight is 518 g/mol. The van der Waals surface area contributed by atoms with Crippen LogP contribution in [-0.4, -0.2) is 54.2 Å². The molecular weight excluding hydrogens is 484 g/mol. The first-order valence-corrected chi connectivity index (χ1v) is 11.7. The van der Waals surface area contributed by atoms with Crippen LogP contribution >= 0.6 is 28.3 Å². The number of carbonyl (C=O) groups excluding carboxylic acids is 2. The van der Waals surface area contributed by atoms with Crippen molar-refractivity contribution in [2.24, 2.45) is 11.3 Å². The molecule has 3 N–H and O–H groups in total. The van der Waals surface area contributed by atoms with Crippen molar-refractivity contribution in [2.45, 2.75) is 68.0 Å². The van der Waals surface area contributed by atoms with Crippen LogP contribution in [0, 0.1) is 11.3 Å². The van der Waals surface area contributed by atoms with Gasteiger partial charge in [-0.25, -0.2) is 4.79 Å². The lowest BCUT2D eigenvalue weighted by Gasteiger charge is -2.52. The number of benzene rings is 1. The van der Waals surface area contributed by atoms with E-state index < -0.39 is 24.0 Å². The molecule has 1 aromatic carbocycles. The zero-order valence-electron chi connectivity index (χ0n) is 18.2. The Morgan fingerprint density at radius 3 is 2.65 bits per heavy atom. The zero-order chi connectivity index (χ0) is 21.7. The van der Waals surface area contributed by atoms with Gasteiger partial charge in [-0.15, -0.1) is 12.4 Å². The molecule has 0 heterocycles. The normalized spacial score (nSPS) is 31.4. The fourth-order valence-corrected chi connectivity index (χ4v) is 6.47. The summed E-state index contributed by atoms with van der Waals surface area (Å²) in [5.41, 5.74) is 0.892. The van der Waals surface area contributed by atoms with Crippen LogP contribution in [0.4, 0.5) is 0 Å². The van der Waals surface area contributed by atoms with Crippen molar-refractivity contribution in [2.75, 3.05) is 14.2 Å². The monoisotopic (exact) mass is 516 g/mol. The van der Waals surface area contributed by atoms with Crippen molar-refractivity contribution in [1.82, 2.24) is 10.6 Å². The van der Waals surface area contributed by atoms with E-state index in [1.165, 1.54) is 13.5 Å². The van der Waals surface area contributed by atoms with E-state index in [2.05, 4.69) is 26.6 Å². The third-order valence-corrected chi connectivity index (χ3v) is 8.27. The molecule has 3 rings (SSSR count). The van der Waals surface area contributed by atoms with E-state index in [0.29, 0.717) is 25.3 Å². The van der Waals surface area contributed by atoms with Gasteiger partial charge in [-0.2, -0.15) is 0 Å². The summed E-state index contributed by atoms with van der Waals surface area (Å²) < 4.78 is 4.91. The zero-order valence-corrected chi connectivity index (χ0v) is 20.6. The van der Waals surface area contributed by atoms with Gasteiger partial charge in [0.15, 0.2) is 0 Å². The van der Waals surface area contributed by atoms with Gasteiger partial charge in [-0.3, -0.25) is 4.79 Å². The fourth-order valence-electron chi connectivity index (χ4n) is 5.34. The summed E-state index contributed by atoms with van der Waals surface area (Å²) in [6.07, 6.45) is 5.20. The average Bonchev–Trinajstić information content (AvgIpc) is 2.76. The summed E-state index contributed by atoms with van der Waals surface area (Å²) in [5.74, 6) is -1.32. The molecule has 8 heteroatoms. The summed E-state index contributed by atoms with van der Waals surface area (Å²) in [5, 5.41) is 17.2. The lowest BCUT2D eigenvalue weighted by atomic mass is 9.59. The van der Waals surface area contributed by atoms with Crippen LogP contribution in [0.25, 0.3) is 0 Å². The van der Waals surface area contributed by atoms with Crippen LogP contribution in [0.15, 0.2) is 30.3 Å². The summed E-state index contributed by atoms with van der Waals surface area (Å²) in [7, 11) is 3.30. The second kappa shape index (κ2) is 11.6. The van der Waals surface area contributed by atoms with Crippen LogP contribution in [0.2, 0.25) is 0 Å². The van der Waals surface area contributed by atoms with Gasteiger partial charge in [0.05, 0.1) is 19.1 Å². The van der Waals surface area contributed by atoms with Crippen molar-refractivity contribution < 1.29 is 19.4 Å². The Morgan fingerprint density at radius 2 is 2.00 bits per heavy atom. The van der Waals surface area contributed by atoms with Crippen molar-refractivity contribution in [3.05, 3.63) is 35.9 Å². The summed E-state index contributed by atoms with van der Waals surface area (Å²) in [6.45, 7) is 0.